The van der Waals surface area contributed by atoms with Crippen LogP contribution >= 0.6 is 0 Å². The average Bonchev–Trinajstić information content (AvgIpc) is 2.44. The zero-order valence-electron chi connectivity index (χ0n) is 13.6. The number of carbonyl (C=O) groups excluding carboxylic acids is 1. The molecule has 0 bridgehead atoms. The van der Waals surface area contributed by atoms with E-state index in [-0.39, 0.29) is 12.1 Å². The van der Waals surface area contributed by atoms with Gasteiger partial charge in [-0.2, -0.15) is 0 Å². The van der Waals surface area contributed by atoms with Gasteiger partial charge in [0.2, 0.25) is 0 Å². The third-order valence-electron chi connectivity index (χ3n) is 3.35. The van der Waals surface area contributed by atoms with Crippen molar-refractivity contribution in [3.63, 3.8) is 0 Å². The molecule has 0 radical (unpaired) electrons. The van der Waals surface area contributed by atoms with Gasteiger partial charge in [-0.3, -0.25) is 0 Å². The molecule has 20 heavy (non-hydrogen) atoms. The highest BCUT2D eigenvalue weighted by Gasteiger charge is 2.02. The maximum Gasteiger partial charge on any atom is 0.331 e. The molecule has 0 amide bonds. The zero-order valence-corrected chi connectivity index (χ0v) is 13.6. The van der Waals surface area contributed by atoms with Gasteiger partial charge in [-0.15, -0.1) is 0 Å². The predicted octanol–water partition coefficient (Wildman–Crippen LogP) is 5.58. The van der Waals surface area contributed by atoms with Crippen molar-refractivity contribution < 1.29 is 9.53 Å². The Morgan fingerprint density at radius 2 is 1.65 bits per heavy atom. The SMILES string of the molecule is CCCCCCCCCC=CC=CC(=O)OC(C)CC. The van der Waals surface area contributed by atoms with E-state index >= 15 is 0 Å². The fourth-order valence-corrected chi connectivity index (χ4v) is 1.85. The fraction of sp³-hybridized carbons (Fsp3) is 0.722. The Kier molecular flexibility index (Phi) is 13.6. The summed E-state index contributed by atoms with van der Waals surface area (Å²) in [6.07, 6.45) is 18.6. The van der Waals surface area contributed by atoms with Crippen molar-refractivity contribution in [1.82, 2.24) is 0 Å². The highest BCUT2D eigenvalue weighted by Crippen LogP contribution is 2.08. The maximum absolute atomic E-state index is 11.3. The Bertz CT molecular complexity index is 279. The van der Waals surface area contributed by atoms with Gasteiger partial charge >= 0.3 is 5.97 Å². The minimum absolute atomic E-state index is 0.00355. The number of hydrogen-bond acceptors (Lipinski definition) is 2. The Morgan fingerprint density at radius 1 is 1.00 bits per heavy atom. The summed E-state index contributed by atoms with van der Waals surface area (Å²) in [4.78, 5) is 11.3. The van der Waals surface area contributed by atoms with Gasteiger partial charge in [0.05, 0.1) is 6.10 Å². The number of esters is 1. The number of carbonyl (C=O) groups is 1. The molecule has 0 aromatic carbocycles. The van der Waals surface area contributed by atoms with Crippen LogP contribution in [0.4, 0.5) is 0 Å². The van der Waals surface area contributed by atoms with Crippen LogP contribution in [-0.4, -0.2) is 12.1 Å². The van der Waals surface area contributed by atoms with Crippen LogP contribution in [0, 0.1) is 0 Å². The van der Waals surface area contributed by atoms with Crippen molar-refractivity contribution in [3.05, 3.63) is 24.3 Å². The van der Waals surface area contributed by atoms with Crippen LogP contribution in [0.1, 0.15) is 78.6 Å². The van der Waals surface area contributed by atoms with Gasteiger partial charge in [0.15, 0.2) is 0 Å². The van der Waals surface area contributed by atoms with Gasteiger partial charge in [-0.25, -0.2) is 4.79 Å². The van der Waals surface area contributed by atoms with Crippen LogP contribution in [0.25, 0.3) is 0 Å². The van der Waals surface area contributed by atoms with Gasteiger partial charge in [0.25, 0.3) is 0 Å². The number of unbranched alkanes of at least 4 members (excludes halogenated alkanes) is 7. The minimum Gasteiger partial charge on any atom is -0.460 e. The minimum atomic E-state index is -0.250. The van der Waals surface area contributed by atoms with Crippen molar-refractivity contribution in [2.45, 2.75) is 84.7 Å². The quantitative estimate of drug-likeness (QED) is 0.202. The first-order chi connectivity index (χ1) is 9.70. The lowest BCUT2D eigenvalue weighted by atomic mass is 10.1. The smallest absolute Gasteiger partial charge is 0.331 e. The monoisotopic (exact) mass is 280 g/mol. The van der Waals surface area contributed by atoms with E-state index in [1.54, 1.807) is 6.08 Å². The zero-order chi connectivity index (χ0) is 15.1. The summed E-state index contributed by atoms with van der Waals surface area (Å²) < 4.78 is 5.13. The van der Waals surface area contributed by atoms with Crippen molar-refractivity contribution in [3.8, 4) is 0 Å². The second kappa shape index (κ2) is 14.4. The van der Waals surface area contributed by atoms with E-state index in [4.69, 9.17) is 4.74 Å². The Morgan fingerprint density at radius 3 is 2.30 bits per heavy atom. The molecular weight excluding hydrogens is 248 g/mol. The van der Waals surface area contributed by atoms with Crippen molar-refractivity contribution in [2.75, 3.05) is 0 Å². The molecule has 2 heteroatoms. The summed E-state index contributed by atoms with van der Waals surface area (Å²) in [6.45, 7) is 6.16. The van der Waals surface area contributed by atoms with Crippen LogP contribution < -0.4 is 0 Å². The molecule has 0 aliphatic carbocycles. The van der Waals surface area contributed by atoms with Gasteiger partial charge in [-0.1, -0.05) is 70.6 Å². The van der Waals surface area contributed by atoms with Gasteiger partial charge < -0.3 is 4.74 Å². The average molecular weight is 280 g/mol. The van der Waals surface area contributed by atoms with Crippen molar-refractivity contribution in [2.24, 2.45) is 0 Å². The van der Waals surface area contributed by atoms with E-state index in [1.165, 1.54) is 51.0 Å². The molecule has 0 rings (SSSR count). The molecule has 0 N–H and O–H groups in total. The molecule has 116 valence electrons. The molecule has 0 heterocycles. The van der Waals surface area contributed by atoms with E-state index in [0.29, 0.717) is 0 Å². The largest absolute Gasteiger partial charge is 0.460 e. The van der Waals surface area contributed by atoms with E-state index < -0.39 is 0 Å². The van der Waals surface area contributed by atoms with Crippen molar-refractivity contribution >= 4 is 5.97 Å². The van der Waals surface area contributed by atoms with E-state index in [9.17, 15) is 4.79 Å². The molecule has 0 aliphatic heterocycles. The van der Waals surface area contributed by atoms with Gasteiger partial charge in [0.1, 0.15) is 0 Å². The van der Waals surface area contributed by atoms with Gasteiger partial charge in [0, 0.05) is 6.08 Å². The summed E-state index contributed by atoms with van der Waals surface area (Å²) >= 11 is 0. The molecule has 0 spiro atoms. The van der Waals surface area contributed by atoms with Crippen LogP contribution in [0.2, 0.25) is 0 Å². The summed E-state index contributed by atoms with van der Waals surface area (Å²) in [5.74, 6) is -0.250. The van der Waals surface area contributed by atoms with E-state index in [2.05, 4.69) is 13.0 Å². The van der Waals surface area contributed by atoms with Gasteiger partial charge in [-0.05, 0) is 26.2 Å². The highest BCUT2D eigenvalue weighted by atomic mass is 16.5. The first kappa shape index (κ1) is 18.9. The normalized spacial score (nSPS) is 13.2. The standard InChI is InChI=1S/C18H32O2/c1-4-6-7-8-9-10-11-12-13-14-15-16-18(19)20-17(3)5-2/h13-17H,4-12H2,1-3H3. The predicted molar refractivity (Wildman–Crippen MR) is 86.7 cm³/mol. The lowest BCUT2D eigenvalue weighted by Crippen LogP contribution is -2.11. The number of ether oxygens (including phenoxy) is 1. The Labute approximate surface area is 125 Å². The maximum atomic E-state index is 11.3. The first-order valence-corrected chi connectivity index (χ1v) is 8.24. The second-order valence-corrected chi connectivity index (χ2v) is 5.35. The lowest BCUT2D eigenvalue weighted by Gasteiger charge is -2.07. The van der Waals surface area contributed by atoms with E-state index in [0.717, 1.165) is 12.8 Å². The number of allylic oxidation sites excluding steroid dienone is 3. The molecule has 0 fully saturated rings. The molecule has 2 nitrogen and oxygen atoms in total. The van der Waals surface area contributed by atoms with E-state index in [1.807, 2.05) is 19.9 Å². The third-order valence-corrected chi connectivity index (χ3v) is 3.35. The molecule has 0 aromatic heterocycles. The van der Waals surface area contributed by atoms with Crippen LogP contribution in [0.3, 0.4) is 0 Å². The molecular formula is C18H32O2. The molecule has 1 atom stereocenters. The van der Waals surface area contributed by atoms with Crippen LogP contribution in [0.15, 0.2) is 24.3 Å². The fourth-order valence-electron chi connectivity index (χ4n) is 1.85. The summed E-state index contributed by atoms with van der Waals surface area (Å²) in [6, 6.07) is 0. The molecule has 0 saturated heterocycles. The lowest BCUT2D eigenvalue weighted by molar-refractivity contribution is -0.142. The topological polar surface area (TPSA) is 26.3 Å². The molecule has 1 unspecified atom stereocenters. The summed E-state index contributed by atoms with van der Waals surface area (Å²) in [7, 11) is 0. The summed E-state index contributed by atoms with van der Waals surface area (Å²) in [5, 5.41) is 0. The number of hydrogen-bond donors (Lipinski definition) is 0. The Hall–Kier alpha value is -1.05. The Balaban J connectivity index is 3.45. The third kappa shape index (κ3) is 13.4. The van der Waals surface area contributed by atoms with Crippen LogP contribution in [0.5, 0.6) is 0 Å². The summed E-state index contributed by atoms with van der Waals surface area (Å²) in [5.41, 5.74) is 0. The van der Waals surface area contributed by atoms with Crippen LogP contribution in [-0.2, 0) is 9.53 Å². The number of rotatable bonds is 12. The first-order valence-electron chi connectivity index (χ1n) is 8.24. The highest BCUT2D eigenvalue weighted by molar-refractivity contribution is 5.82. The second-order valence-electron chi connectivity index (χ2n) is 5.35. The molecule has 0 aliphatic rings. The molecule has 0 aromatic rings. The molecule has 0 saturated carbocycles. The van der Waals surface area contributed by atoms with Crippen molar-refractivity contribution in [1.29, 1.82) is 0 Å².